The van der Waals surface area contributed by atoms with Crippen molar-refractivity contribution in [2.45, 2.75) is 38.3 Å². The van der Waals surface area contributed by atoms with Gasteiger partial charge in [-0.15, -0.1) is 0 Å². The molecule has 15 heavy (non-hydrogen) atoms. The van der Waals surface area contributed by atoms with E-state index >= 15 is 0 Å². The maximum Gasteiger partial charge on any atom is 0.275 e. The quantitative estimate of drug-likeness (QED) is 0.792. The summed E-state index contributed by atoms with van der Waals surface area (Å²) in [5, 5.41) is 3.17. The summed E-state index contributed by atoms with van der Waals surface area (Å²) in [6.07, 6.45) is -0.121. The molecule has 0 fully saturated rings. The lowest BCUT2D eigenvalue weighted by Gasteiger charge is -2.16. The minimum atomic E-state index is -2.68. The van der Waals surface area contributed by atoms with E-state index in [9.17, 15) is 8.78 Å². The minimum absolute atomic E-state index is 0.121. The van der Waals surface area contributed by atoms with E-state index in [0.29, 0.717) is 0 Å². The Bertz CT molecular complexity index is 360. The molecular formula is C12H15F2N. The number of rotatable bonds is 2. The largest absolute Gasteiger partial charge is 0.307 e. The van der Waals surface area contributed by atoms with Crippen LogP contribution in [0.1, 0.15) is 37.4 Å². The molecule has 82 valence electrons. The number of benzene rings is 1. The summed E-state index contributed by atoms with van der Waals surface area (Å²) in [4.78, 5) is 0. The molecule has 1 nitrogen and oxygen atoms in total. The smallest absolute Gasteiger partial charge is 0.275 e. The first kappa shape index (κ1) is 10.6. The molecule has 0 bridgehead atoms. The van der Waals surface area contributed by atoms with Gasteiger partial charge in [0.2, 0.25) is 0 Å². The highest BCUT2D eigenvalue weighted by molar-refractivity contribution is 5.38. The topological polar surface area (TPSA) is 12.0 Å². The van der Waals surface area contributed by atoms with Crippen molar-refractivity contribution in [1.29, 1.82) is 0 Å². The second-order valence-electron chi connectivity index (χ2n) is 4.37. The molecule has 0 saturated carbocycles. The van der Waals surface area contributed by atoms with Crippen LogP contribution in [0.2, 0.25) is 0 Å². The zero-order valence-corrected chi connectivity index (χ0v) is 8.93. The molecule has 1 atom stereocenters. The highest BCUT2D eigenvalue weighted by Gasteiger charge is 2.44. The van der Waals surface area contributed by atoms with Crippen molar-refractivity contribution in [2.24, 2.45) is 0 Å². The van der Waals surface area contributed by atoms with Gasteiger partial charge in [-0.3, -0.25) is 0 Å². The third-order valence-corrected chi connectivity index (χ3v) is 2.73. The van der Waals surface area contributed by atoms with Crippen LogP contribution in [0, 0.1) is 0 Å². The number of nitrogens with one attached hydrogen (secondary N) is 1. The van der Waals surface area contributed by atoms with Crippen LogP contribution in [0.5, 0.6) is 0 Å². The van der Waals surface area contributed by atoms with E-state index in [2.05, 4.69) is 5.32 Å². The number of hydrogen-bond acceptors (Lipinski definition) is 1. The predicted molar refractivity (Wildman–Crippen MR) is 56.0 cm³/mol. The molecule has 0 amide bonds. The van der Waals surface area contributed by atoms with E-state index in [1.54, 1.807) is 12.1 Å². The van der Waals surface area contributed by atoms with Crippen LogP contribution in [0.3, 0.4) is 0 Å². The third-order valence-electron chi connectivity index (χ3n) is 2.73. The summed E-state index contributed by atoms with van der Waals surface area (Å²) in [5.74, 6) is -2.68. The number of alkyl halides is 2. The molecule has 1 unspecified atom stereocenters. The normalized spacial score (nSPS) is 23.1. The summed E-state index contributed by atoms with van der Waals surface area (Å²) in [7, 11) is 0. The molecule has 0 heterocycles. The second kappa shape index (κ2) is 3.56. The Morgan fingerprint density at radius 3 is 2.67 bits per heavy atom. The van der Waals surface area contributed by atoms with E-state index < -0.39 is 5.92 Å². The van der Waals surface area contributed by atoms with Gasteiger partial charge < -0.3 is 5.32 Å². The lowest BCUT2D eigenvalue weighted by atomic mass is 10.1. The van der Waals surface area contributed by atoms with Crippen LogP contribution in [-0.4, -0.2) is 6.04 Å². The van der Waals surface area contributed by atoms with Gasteiger partial charge in [-0.1, -0.05) is 38.1 Å². The monoisotopic (exact) mass is 211 g/mol. The average Bonchev–Trinajstić information content (AvgIpc) is 2.39. The lowest BCUT2D eigenvalue weighted by Crippen LogP contribution is -2.27. The molecule has 0 aromatic heterocycles. The molecular weight excluding hydrogens is 196 g/mol. The van der Waals surface area contributed by atoms with Gasteiger partial charge in [0.05, 0.1) is 0 Å². The van der Waals surface area contributed by atoms with E-state index in [0.717, 1.165) is 5.56 Å². The van der Waals surface area contributed by atoms with Gasteiger partial charge >= 0.3 is 0 Å². The molecule has 0 aliphatic heterocycles. The van der Waals surface area contributed by atoms with Gasteiger partial charge in [0, 0.05) is 24.1 Å². The molecule has 1 N–H and O–H groups in total. The standard InChI is InChI=1S/C12H15F2N/c1-8(2)15-11-7-12(13,14)10-6-4-3-5-9(10)11/h3-6,8,11,15H,7H2,1-2H3. The van der Waals surface area contributed by atoms with Crippen LogP contribution in [0.25, 0.3) is 0 Å². The fourth-order valence-electron chi connectivity index (χ4n) is 2.16. The van der Waals surface area contributed by atoms with Gasteiger partial charge in [-0.25, -0.2) is 8.78 Å². The molecule has 0 saturated heterocycles. The van der Waals surface area contributed by atoms with Crippen molar-refractivity contribution in [2.75, 3.05) is 0 Å². The molecule has 1 aromatic carbocycles. The van der Waals surface area contributed by atoms with Gasteiger partial charge in [0.15, 0.2) is 0 Å². The van der Waals surface area contributed by atoms with Crippen molar-refractivity contribution in [3.05, 3.63) is 35.4 Å². The van der Waals surface area contributed by atoms with Crippen LogP contribution in [0.4, 0.5) is 8.78 Å². The number of halogens is 2. The Morgan fingerprint density at radius 2 is 2.00 bits per heavy atom. The van der Waals surface area contributed by atoms with E-state index in [4.69, 9.17) is 0 Å². The van der Waals surface area contributed by atoms with Crippen LogP contribution < -0.4 is 5.32 Å². The fourth-order valence-corrected chi connectivity index (χ4v) is 2.16. The maximum atomic E-state index is 13.6. The van der Waals surface area contributed by atoms with Crippen molar-refractivity contribution in [3.63, 3.8) is 0 Å². The van der Waals surface area contributed by atoms with Crippen LogP contribution in [-0.2, 0) is 5.92 Å². The average molecular weight is 211 g/mol. The Labute approximate surface area is 88.5 Å². The summed E-state index contributed by atoms with van der Waals surface area (Å²) in [5.41, 5.74) is 0.930. The number of fused-ring (bicyclic) bond motifs is 1. The molecule has 2 rings (SSSR count). The first-order valence-corrected chi connectivity index (χ1v) is 5.24. The third kappa shape index (κ3) is 1.88. The lowest BCUT2D eigenvalue weighted by molar-refractivity contribution is -0.00933. The van der Waals surface area contributed by atoms with Crippen LogP contribution >= 0.6 is 0 Å². The summed E-state index contributed by atoms with van der Waals surface area (Å²) in [6.45, 7) is 3.94. The first-order valence-electron chi connectivity index (χ1n) is 5.24. The highest BCUT2D eigenvalue weighted by Crippen LogP contribution is 2.46. The fraction of sp³-hybridized carbons (Fsp3) is 0.500. The molecule has 1 aliphatic carbocycles. The molecule has 3 heteroatoms. The Morgan fingerprint density at radius 1 is 1.33 bits per heavy atom. The Hall–Kier alpha value is -0.960. The van der Waals surface area contributed by atoms with Gasteiger partial charge in [-0.2, -0.15) is 0 Å². The minimum Gasteiger partial charge on any atom is -0.307 e. The predicted octanol–water partition coefficient (Wildman–Crippen LogP) is 3.22. The summed E-state index contributed by atoms with van der Waals surface area (Å²) < 4.78 is 27.2. The van der Waals surface area contributed by atoms with Gasteiger partial charge in [0.1, 0.15) is 0 Å². The van der Waals surface area contributed by atoms with Crippen molar-refractivity contribution >= 4 is 0 Å². The summed E-state index contributed by atoms with van der Waals surface area (Å²) in [6, 6.07) is 6.81. The van der Waals surface area contributed by atoms with Crippen LogP contribution in [0.15, 0.2) is 24.3 Å². The number of hydrogen-bond donors (Lipinski definition) is 1. The molecule has 0 radical (unpaired) electrons. The van der Waals surface area contributed by atoms with Gasteiger partial charge in [0.25, 0.3) is 5.92 Å². The zero-order valence-electron chi connectivity index (χ0n) is 8.93. The summed E-state index contributed by atoms with van der Waals surface area (Å²) >= 11 is 0. The molecule has 1 aliphatic rings. The van der Waals surface area contributed by atoms with Crippen molar-refractivity contribution in [1.82, 2.24) is 5.32 Å². The van der Waals surface area contributed by atoms with Gasteiger partial charge in [-0.05, 0) is 5.56 Å². The highest BCUT2D eigenvalue weighted by atomic mass is 19.3. The zero-order chi connectivity index (χ0) is 11.1. The molecule has 0 spiro atoms. The van der Waals surface area contributed by atoms with Crippen molar-refractivity contribution in [3.8, 4) is 0 Å². The Balaban J connectivity index is 2.34. The Kier molecular flexibility index (Phi) is 2.51. The van der Waals surface area contributed by atoms with E-state index in [1.165, 1.54) is 6.07 Å². The van der Waals surface area contributed by atoms with E-state index in [-0.39, 0.29) is 24.1 Å². The van der Waals surface area contributed by atoms with Crippen molar-refractivity contribution < 1.29 is 8.78 Å². The van der Waals surface area contributed by atoms with E-state index in [1.807, 2.05) is 19.9 Å². The first-order chi connectivity index (χ1) is 7.00. The second-order valence-corrected chi connectivity index (χ2v) is 4.37. The molecule has 1 aromatic rings. The maximum absolute atomic E-state index is 13.6. The SMILES string of the molecule is CC(C)NC1CC(F)(F)c2ccccc21.